The molecule has 0 aromatic carbocycles. The Morgan fingerprint density at radius 2 is 0.773 bits per heavy atom. The van der Waals surface area contributed by atoms with Crippen molar-refractivity contribution in [3.63, 3.8) is 0 Å². The number of aliphatic hydroxyl groups is 16. The van der Waals surface area contributed by atoms with E-state index in [0.717, 1.165) is 20.8 Å². The van der Waals surface area contributed by atoms with Gasteiger partial charge in [0.15, 0.2) is 37.7 Å². The number of ether oxygens (including phenoxy) is 11. The minimum atomic E-state index is -2.16. The number of carbonyl (C=O) groups excluding carboxylic acids is 3. The molecule has 6 saturated heterocycles. The Bertz CT molecular complexity index is 1850. The third-order valence-electron chi connectivity index (χ3n) is 13.6. The van der Waals surface area contributed by atoms with Crippen molar-refractivity contribution < 1.29 is 148 Å². The topological polar surface area (TPSA) is 513 Å². The van der Waals surface area contributed by atoms with Crippen LogP contribution in [0.4, 0.5) is 0 Å². The van der Waals surface area contributed by atoms with Gasteiger partial charge in [0, 0.05) is 20.8 Å². The summed E-state index contributed by atoms with van der Waals surface area (Å²) in [6, 6.07) is -4.94. The molecule has 0 saturated carbocycles. The predicted octanol–water partition coefficient (Wildman–Crippen LogP) is -12.6. The molecule has 6 fully saturated rings. The fourth-order valence-electron chi connectivity index (χ4n) is 9.54. The molecule has 0 unspecified atom stereocenters. The van der Waals surface area contributed by atoms with Gasteiger partial charge < -0.3 is 150 Å². The Balaban J connectivity index is 1.22. The van der Waals surface area contributed by atoms with Crippen LogP contribution in [0.25, 0.3) is 0 Å². The first-order chi connectivity index (χ1) is 35.4. The molecule has 0 bridgehead atoms. The lowest BCUT2D eigenvalue weighted by Crippen LogP contribution is -2.71. The second-order valence-electron chi connectivity index (χ2n) is 19.0. The van der Waals surface area contributed by atoms with Crippen LogP contribution in [-0.4, -0.2) is 317 Å². The van der Waals surface area contributed by atoms with Crippen molar-refractivity contribution in [2.45, 2.75) is 212 Å². The lowest BCUT2D eigenvalue weighted by Gasteiger charge is -2.51. The molecule has 75 heavy (non-hydrogen) atoms. The van der Waals surface area contributed by atoms with Crippen molar-refractivity contribution in [2.24, 2.45) is 0 Å². The highest BCUT2D eigenvalue weighted by molar-refractivity contribution is 5.74. The van der Waals surface area contributed by atoms with Gasteiger partial charge in [-0.15, -0.1) is 0 Å². The number of amides is 3. The highest BCUT2D eigenvalue weighted by atomic mass is 16.8. The van der Waals surface area contributed by atoms with Crippen molar-refractivity contribution in [1.29, 1.82) is 0 Å². The second kappa shape index (κ2) is 26.5. The molecule has 0 aromatic heterocycles. The van der Waals surface area contributed by atoms with Crippen molar-refractivity contribution in [1.82, 2.24) is 16.0 Å². The van der Waals surface area contributed by atoms with E-state index in [2.05, 4.69) is 16.0 Å². The standard InChI is InChI=1S/C42H71N3O30/c1-10-22(53)28(59)31(62)40(66-10)74-35-21(45-13(4)52)37(64)67-17(8-49)34(35)73-39-20(44-12(3)51)27(58)33(16(7-48)70-39)72-41-32(63)29(60)25(56)18(71-41)9-65-42-36(30(61)24(55)15(6-47)69-42)75-38-19(43-11(2)50)26(57)23(54)14(5-46)68-38/h10,14-42,46-49,53-64H,5-9H2,1-4H3,(H,43,50)(H,44,51)(H,45,52)/t10-,14+,15+,16+,17+,18+,19+,20+,21+,22+,23+,24+,25+,26+,27+,28+,29-,30-,31-,32-,33+,34+,35+,36-,37+,38-,39-,40+,41-,42-/m0/s1. The van der Waals surface area contributed by atoms with Crippen molar-refractivity contribution in [3.05, 3.63) is 0 Å². The lowest BCUT2D eigenvalue weighted by molar-refractivity contribution is -0.378. The third-order valence-corrected chi connectivity index (χ3v) is 13.6. The van der Waals surface area contributed by atoms with Crippen LogP contribution < -0.4 is 16.0 Å². The number of carbonyl (C=O) groups is 3. The highest BCUT2D eigenvalue weighted by Crippen LogP contribution is 2.36. The molecule has 6 aliphatic heterocycles. The molecule has 6 heterocycles. The maximum atomic E-state index is 12.7. The van der Waals surface area contributed by atoms with E-state index in [1.165, 1.54) is 6.92 Å². The molecule has 0 spiro atoms. The summed E-state index contributed by atoms with van der Waals surface area (Å²) in [6.45, 7) is -0.191. The van der Waals surface area contributed by atoms with E-state index in [1.807, 2.05) is 0 Å². The Hall–Kier alpha value is -2.67. The fourth-order valence-corrected chi connectivity index (χ4v) is 9.54. The van der Waals surface area contributed by atoms with Gasteiger partial charge in [0.1, 0.15) is 140 Å². The van der Waals surface area contributed by atoms with Crippen LogP contribution in [0.2, 0.25) is 0 Å². The van der Waals surface area contributed by atoms with Gasteiger partial charge in [-0.25, -0.2) is 0 Å². The molecule has 6 rings (SSSR count). The molecule has 19 N–H and O–H groups in total. The smallest absolute Gasteiger partial charge is 0.217 e. The Morgan fingerprint density at radius 1 is 0.373 bits per heavy atom. The van der Waals surface area contributed by atoms with Gasteiger partial charge in [0.25, 0.3) is 0 Å². The maximum Gasteiger partial charge on any atom is 0.217 e. The van der Waals surface area contributed by atoms with Crippen LogP contribution in [-0.2, 0) is 66.5 Å². The number of nitrogens with one attached hydrogen (secondary N) is 3. The zero-order valence-corrected chi connectivity index (χ0v) is 40.7. The van der Waals surface area contributed by atoms with Crippen LogP contribution in [0.1, 0.15) is 27.7 Å². The van der Waals surface area contributed by atoms with Crippen LogP contribution in [0, 0.1) is 0 Å². The molecule has 3 amide bonds. The molecule has 6 aliphatic rings. The molecule has 33 nitrogen and oxygen atoms in total. The van der Waals surface area contributed by atoms with E-state index < -0.39 is 235 Å². The number of aliphatic hydroxyl groups excluding tert-OH is 16. The molecular formula is C42H71N3O30. The van der Waals surface area contributed by atoms with Gasteiger partial charge in [-0.2, -0.15) is 0 Å². The van der Waals surface area contributed by atoms with E-state index in [1.54, 1.807) is 0 Å². The van der Waals surface area contributed by atoms with Gasteiger partial charge in [0.2, 0.25) is 17.7 Å². The van der Waals surface area contributed by atoms with Gasteiger partial charge in [-0.05, 0) is 6.92 Å². The Morgan fingerprint density at radius 3 is 1.32 bits per heavy atom. The summed E-state index contributed by atoms with van der Waals surface area (Å²) < 4.78 is 64.0. The number of hydrogen-bond donors (Lipinski definition) is 19. The Kier molecular flexibility index (Phi) is 21.8. The minimum Gasteiger partial charge on any atom is -0.394 e. The Labute approximate surface area is 426 Å². The maximum absolute atomic E-state index is 12.7. The molecular weight excluding hydrogens is 1030 g/mol. The monoisotopic (exact) mass is 1100 g/mol. The van der Waals surface area contributed by atoms with Gasteiger partial charge in [-0.1, -0.05) is 0 Å². The highest BCUT2D eigenvalue weighted by Gasteiger charge is 2.57. The molecule has 33 heteroatoms. The SMILES string of the molecule is CC(=O)N[C@@H]1[C@@H](O[C@H]2O[C@@H](C)[C@@H](O)[C@@H](O)[C@@H]2O)[C@H](O[C@@H]2O[C@H](CO)[C@@H](O[C@@H]3O[C@H](CO[C@H]4O[C@H](CO)[C@@H](O)[C@H](O)[C@@H]4O[C@@H]4O[C@H](CO)[C@@H](O)[C@H](O)[C@H]4NC(C)=O)[C@@H](O)[C@H](O)[C@@H]3O)[C@H](O)[C@H]2NC(C)=O)[C@@H](CO)O[C@H]1O. The van der Waals surface area contributed by atoms with Crippen molar-refractivity contribution in [2.75, 3.05) is 33.0 Å². The van der Waals surface area contributed by atoms with E-state index in [4.69, 9.17) is 52.1 Å². The van der Waals surface area contributed by atoms with Gasteiger partial charge in [0.05, 0.1) is 39.1 Å². The predicted molar refractivity (Wildman–Crippen MR) is 233 cm³/mol. The second-order valence-corrected chi connectivity index (χ2v) is 19.0. The summed E-state index contributed by atoms with van der Waals surface area (Å²) in [5.41, 5.74) is 0. The zero-order valence-electron chi connectivity index (χ0n) is 40.7. The van der Waals surface area contributed by atoms with Gasteiger partial charge >= 0.3 is 0 Å². The van der Waals surface area contributed by atoms with Crippen LogP contribution >= 0.6 is 0 Å². The van der Waals surface area contributed by atoms with Crippen molar-refractivity contribution >= 4 is 17.7 Å². The molecule has 434 valence electrons. The first kappa shape index (κ1) is 61.5. The lowest BCUT2D eigenvalue weighted by atomic mass is 9.93. The zero-order chi connectivity index (χ0) is 55.5. The fraction of sp³-hybridized carbons (Fsp3) is 0.929. The quantitative estimate of drug-likeness (QED) is 0.0606. The van der Waals surface area contributed by atoms with Crippen LogP contribution in [0.3, 0.4) is 0 Å². The van der Waals surface area contributed by atoms with E-state index in [9.17, 15) is 96.1 Å². The van der Waals surface area contributed by atoms with Crippen LogP contribution in [0.15, 0.2) is 0 Å². The number of rotatable bonds is 18. The van der Waals surface area contributed by atoms with E-state index in [-0.39, 0.29) is 0 Å². The normalized spacial score (nSPS) is 48.6. The summed E-state index contributed by atoms with van der Waals surface area (Å²) in [5.74, 6) is -2.34. The van der Waals surface area contributed by atoms with E-state index >= 15 is 0 Å². The third kappa shape index (κ3) is 13.7. The first-order valence-corrected chi connectivity index (χ1v) is 23.9. The summed E-state index contributed by atoms with van der Waals surface area (Å²) in [5, 5.41) is 179. The van der Waals surface area contributed by atoms with Crippen molar-refractivity contribution in [3.8, 4) is 0 Å². The molecule has 0 aromatic rings. The molecule has 0 aliphatic carbocycles. The molecule has 30 atom stereocenters. The molecule has 0 radical (unpaired) electrons. The van der Waals surface area contributed by atoms with Crippen LogP contribution in [0.5, 0.6) is 0 Å². The average Bonchev–Trinajstić information content (AvgIpc) is 3.36. The minimum absolute atomic E-state index is 0.741. The largest absolute Gasteiger partial charge is 0.394 e. The number of hydrogen-bond acceptors (Lipinski definition) is 30. The summed E-state index contributed by atoms with van der Waals surface area (Å²) in [4.78, 5) is 37.1. The average molecular weight is 1100 g/mol. The summed E-state index contributed by atoms with van der Waals surface area (Å²) in [6.07, 6.45) is -49.2. The summed E-state index contributed by atoms with van der Waals surface area (Å²) in [7, 11) is 0. The first-order valence-electron chi connectivity index (χ1n) is 23.9. The van der Waals surface area contributed by atoms with E-state index in [0.29, 0.717) is 0 Å². The van der Waals surface area contributed by atoms with Gasteiger partial charge in [-0.3, -0.25) is 14.4 Å². The summed E-state index contributed by atoms with van der Waals surface area (Å²) >= 11 is 0.